The van der Waals surface area contributed by atoms with Crippen LogP contribution in [0.1, 0.15) is 12.5 Å². The molecule has 0 amide bonds. The molecular formula is C16H14BrFO3. The molecule has 0 N–H and O–H groups in total. The molecule has 0 heterocycles. The third-order valence-corrected chi connectivity index (χ3v) is 3.26. The van der Waals surface area contributed by atoms with E-state index in [9.17, 15) is 9.18 Å². The quantitative estimate of drug-likeness (QED) is 0.608. The molecule has 0 saturated carbocycles. The molecule has 2 rings (SSSR count). The molecule has 0 aliphatic heterocycles. The SMILES string of the molecule is Cc1ccc(OC(C)C(=O)Oc2ccc(Br)cc2F)cc1. The molecule has 0 aliphatic rings. The van der Waals surface area contributed by atoms with Crippen molar-refractivity contribution in [2.24, 2.45) is 0 Å². The highest BCUT2D eigenvalue weighted by atomic mass is 79.9. The molecule has 2 aromatic carbocycles. The van der Waals surface area contributed by atoms with Crippen LogP contribution >= 0.6 is 15.9 Å². The second-order valence-corrected chi connectivity index (χ2v) is 5.48. The molecule has 0 aromatic heterocycles. The predicted octanol–water partition coefficient (Wildman–Crippen LogP) is 4.27. The van der Waals surface area contributed by atoms with E-state index in [-0.39, 0.29) is 5.75 Å². The Morgan fingerprint density at radius 3 is 2.48 bits per heavy atom. The highest BCUT2D eigenvalue weighted by molar-refractivity contribution is 9.10. The summed E-state index contributed by atoms with van der Waals surface area (Å²) >= 11 is 3.14. The van der Waals surface area contributed by atoms with Crippen LogP contribution in [0.25, 0.3) is 0 Å². The number of carbonyl (C=O) groups excluding carboxylic acids is 1. The Balaban J connectivity index is 2.00. The maximum absolute atomic E-state index is 13.6. The standard InChI is InChI=1S/C16H14BrFO3/c1-10-3-6-13(7-4-10)20-11(2)16(19)21-15-8-5-12(17)9-14(15)18/h3-9,11H,1-2H3. The first-order valence-corrected chi connectivity index (χ1v) is 7.15. The number of carbonyl (C=O) groups is 1. The van der Waals surface area contributed by atoms with Crippen molar-refractivity contribution in [3.63, 3.8) is 0 Å². The smallest absolute Gasteiger partial charge is 0.352 e. The second-order valence-electron chi connectivity index (χ2n) is 4.57. The van der Waals surface area contributed by atoms with E-state index in [1.54, 1.807) is 25.1 Å². The molecule has 5 heteroatoms. The van der Waals surface area contributed by atoms with Gasteiger partial charge in [0, 0.05) is 4.47 Å². The van der Waals surface area contributed by atoms with Crippen molar-refractivity contribution in [2.45, 2.75) is 20.0 Å². The number of esters is 1. The van der Waals surface area contributed by atoms with Crippen LogP contribution in [0.3, 0.4) is 0 Å². The van der Waals surface area contributed by atoms with Crippen molar-refractivity contribution < 1.29 is 18.7 Å². The first-order valence-electron chi connectivity index (χ1n) is 6.36. The maximum atomic E-state index is 13.6. The lowest BCUT2D eigenvalue weighted by atomic mass is 10.2. The molecule has 0 radical (unpaired) electrons. The molecule has 21 heavy (non-hydrogen) atoms. The lowest BCUT2D eigenvalue weighted by molar-refractivity contribution is -0.141. The third-order valence-electron chi connectivity index (χ3n) is 2.77. The van der Waals surface area contributed by atoms with Crippen LogP contribution in [-0.2, 0) is 4.79 Å². The van der Waals surface area contributed by atoms with Gasteiger partial charge in [0.05, 0.1) is 0 Å². The van der Waals surface area contributed by atoms with E-state index >= 15 is 0 Å². The Hall–Kier alpha value is -1.88. The molecule has 0 spiro atoms. The van der Waals surface area contributed by atoms with Gasteiger partial charge in [-0.2, -0.15) is 0 Å². The summed E-state index contributed by atoms with van der Waals surface area (Å²) in [4.78, 5) is 11.9. The van der Waals surface area contributed by atoms with Gasteiger partial charge in [0.2, 0.25) is 0 Å². The lowest BCUT2D eigenvalue weighted by Crippen LogP contribution is -2.28. The van der Waals surface area contributed by atoms with E-state index in [0.717, 1.165) is 5.56 Å². The molecule has 0 bridgehead atoms. The lowest BCUT2D eigenvalue weighted by Gasteiger charge is -2.14. The van der Waals surface area contributed by atoms with Crippen LogP contribution < -0.4 is 9.47 Å². The van der Waals surface area contributed by atoms with Crippen molar-refractivity contribution in [1.82, 2.24) is 0 Å². The van der Waals surface area contributed by atoms with E-state index in [1.807, 2.05) is 19.1 Å². The number of ether oxygens (including phenoxy) is 2. The van der Waals surface area contributed by atoms with Gasteiger partial charge in [-0.15, -0.1) is 0 Å². The first-order chi connectivity index (χ1) is 9.95. The largest absolute Gasteiger partial charge is 0.479 e. The normalized spacial score (nSPS) is 11.8. The minimum Gasteiger partial charge on any atom is -0.479 e. The number of rotatable bonds is 4. The monoisotopic (exact) mass is 352 g/mol. The average molecular weight is 353 g/mol. The zero-order valence-electron chi connectivity index (χ0n) is 11.6. The van der Waals surface area contributed by atoms with Gasteiger partial charge >= 0.3 is 5.97 Å². The second kappa shape index (κ2) is 6.72. The summed E-state index contributed by atoms with van der Waals surface area (Å²) < 4.78 is 24.6. The number of aryl methyl sites for hydroxylation is 1. The number of benzene rings is 2. The molecule has 110 valence electrons. The first kappa shape index (κ1) is 15.5. The van der Waals surface area contributed by atoms with Crippen molar-refractivity contribution in [3.8, 4) is 11.5 Å². The molecule has 0 saturated heterocycles. The van der Waals surface area contributed by atoms with Gasteiger partial charge in [-0.3, -0.25) is 0 Å². The predicted molar refractivity (Wildman–Crippen MR) is 81.0 cm³/mol. The van der Waals surface area contributed by atoms with Crippen LogP contribution in [0.2, 0.25) is 0 Å². The Morgan fingerprint density at radius 1 is 1.19 bits per heavy atom. The van der Waals surface area contributed by atoms with Gasteiger partial charge in [0.25, 0.3) is 0 Å². The molecule has 0 aliphatic carbocycles. The van der Waals surface area contributed by atoms with Crippen molar-refractivity contribution in [3.05, 3.63) is 58.3 Å². The van der Waals surface area contributed by atoms with Crippen LogP contribution in [-0.4, -0.2) is 12.1 Å². The van der Waals surface area contributed by atoms with Crippen molar-refractivity contribution in [1.29, 1.82) is 0 Å². The Morgan fingerprint density at radius 2 is 1.86 bits per heavy atom. The van der Waals surface area contributed by atoms with Crippen LogP contribution in [0.5, 0.6) is 11.5 Å². The number of hydrogen-bond donors (Lipinski definition) is 0. The van der Waals surface area contributed by atoms with Crippen molar-refractivity contribution >= 4 is 21.9 Å². The summed E-state index contributed by atoms with van der Waals surface area (Å²) in [5, 5.41) is 0. The van der Waals surface area contributed by atoms with Gasteiger partial charge in [0.15, 0.2) is 17.7 Å². The fraction of sp³-hybridized carbons (Fsp3) is 0.188. The average Bonchev–Trinajstić information content (AvgIpc) is 2.44. The fourth-order valence-corrected chi connectivity index (χ4v) is 1.95. The Bertz CT molecular complexity index is 640. The van der Waals surface area contributed by atoms with Crippen LogP contribution in [0.15, 0.2) is 46.9 Å². The Labute approximate surface area is 130 Å². The van der Waals surface area contributed by atoms with Crippen molar-refractivity contribution in [2.75, 3.05) is 0 Å². The third kappa shape index (κ3) is 4.29. The molecular weight excluding hydrogens is 339 g/mol. The van der Waals surface area contributed by atoms with E-state index in [1.165, 1.54) is 12.1 Å². The summed E-state index contributed by atoms with van der Waals surface area (Å²) in [7, 11) is 0. The van der Waals surface area contributed by atoms with E-state index in [4.69, 9.17) is 9.47 Å². The zero-order chi connectivity index (χ0) is 15.4. The molecule has 3 nitrogen and oxygen atoms in total. The highest BCUT2D eigenvalue weighted by Gasteiger charge is 2.19. The maximum Gasteiger partial charge on any atom is 0.352 e. The summed E-state index contributed by atoms with van der Waals surface area (Å²) in [6.07, 6.45) is -0.837. The van der Waals surface area contributed by atoms with Gasteiger partial charge in [-0.1, -0.05) is 33.6 Å². The summed E-state index contributed by atoms with van der Waals surface area (Å²) in [5.74, 6) is -0.832. The molecule has 2 aromatic rings. The number of halogens is 2. The van der Waals surface area contributed by atoms with Gasteiger partial charge in [-0.05, 0) is 44.2 Å². The Kier molecular flexibility index (Phi) is 4.96. The highest BCUT2D eigenvalue weighted by Crippen LogP contribution is 2.22. The van der Waals surface area contributed by atoms with Gasteiger partial charge in [0.1, 0.15) is 5.75 Å². The summed E-state index contributed by atoms with van der Waals surface area (Å²) in [6.45, 7) is 3.51. The minimum absolute atomic E-state index is 0.123. The molecule has 1 unspecified atom stereocenters. The summed E-state index contributed by atoms with van der Waals surface area (Å²) in [5.41, 5.74) is 1.09. The van der Waals surface area contributed by atoms with Gasteiger partial charge in [-0.25, -0.2) is 9.18 Å². The zero-order valence-corrected chi connectivity index (χ0v) is 13.2. The van der Waals surface area contributed by atoms with E-state index < -0.39 is 17.9 Å². The summed E-state index contributed by atoms with van der Waals surface area (Å²) in [6, 6.07) is 11.5. The van der Waals surface area contributed by atoms with Crippen LogP contribution in [0, 0.1) is 12.7 Å². The molecule has 0 fully saturated rings. The van der Waals surface area contributed by atoms with Crippen LogP contribution in [0.4, 0.5) is 4.39 Å². The minimum atomic E-state index is -0.837. The van der Waals surface area contributed by atoms with E-state index in [2.05, 4.69) is 15.9 Å². The number of hydrogen-bond acceptors (Lipinski definition) is 3. The topological polar surface area (TPSA) is 35.5 Å². The fourth-order valence-electron chi connectivity index (χ4n) is 1.62. The van der Waals surface area contributed by atoms with E-state index in [0.29, 0.717) is 10.2 Å². The van der Waals surface area contributed by atoms with Gasteiger partial charge < -0.3 is 9.47 Å². The molecule has 1 atom stereocenters.